The highest BCUT2D eigenvalue weighted by molar-refractivity contribution is 6.11. The Balaban J connectivity index is 1.62. The van der Waals surface area contributed by atoms with Crippen LogP contribution in [-0.4, -0.2) is 13.0 Å². The van der Waals surface area contributed by atoms with Crippen molar-refractivity contribution in [1.29, 1.82) is 0 Å². The maximum atomic E-state index is 4.89. The molecule has 0 spiro atoms. The summed E-state index contributed by atoms with van der Waals surface area (Å²) < 4.78 is 0. The van der Waals surface area contributed by atoms with Crippen molar-refractivity contribution in [1.82, 2.24) is 10.9 Å². The average molecular weight is 439 g/mol. The van der Waals surface area contributed by atoms with Crippen molar-refractivity contribution >= 4 is 34.4 Å². The molecule has 0 aromatic heterocycles. The van der Waals surface area contributed by atoms with Crippen LogP contribution in [0.3, 0.4) is 0 Å². The predicted molar refractivity (Wildman–Crippen MR) is 141 cm³/mol. The predicted octanol–water partition coefficient (Wildman–Crippen LogP) is 5.89. The first kappa shape index (κ1) is 22.0. The van der Waals surface area contributed by atoms with Crippen LogP contribution in [0.4, 0.5) is 22.7 Å². The number of rotatable bonds is 6. The van der Waals surface area contributed by atoms with Gasteiger partial charge < -0.3 is 10.6 Å². The molecule has 1 aliphatic heterocycles. The Hall–Kier alpha value is -4.19. The van der Waals surface area contributed by atoms with Gasteiger partial charge in [-0.2, -0.15) is 0 Å². The van der Waals surface area contributed by atoms with Crippen LogP contribution in [-0.2, 0) is 0 Å². The minimum atomic E-state index is 0.645. The van der Waals surface area contributed by atoms with Gasteiger partial charge in [-0.3, -0.25) is 15.8 Å². The first-order chi connectivity index (χ1) is 16.0. The van der Waals surface area contributed by atoms with Crippen molar-refractivity contribution in [3.05, 3.63) is 102 Å². The van der Waals surface area contributed by atoms with Gasteiger partial charge in [-0.15, -0.1) is 0 Å². The van der Waals surface area contributed by atoms with E-state index in [4.69, 9.17) is 4.99 Å². The molecule has 0 fully saturated rings. The standard InChI is InChI=1S/C27H30N6/c1-6-26(29-22-11-9-10-21(17-22)28-5)31-32-27-30-25-13-8-7-12-24(25)20(4)33(27)23-15-14-18(2)19(3)16-23/h6-17,28-29,31H,4H2,1-3,5H3,(H,30,32)/b26-6-. The summed E-state index contributed by atoms with van der Waals surface area (Å²) in [5.74, 6) is 1.45. The van der Waals surface area contributed by atoms with Gasteiger partial charge >= 0.3 is 0 Å². The van der Waals surface area contributed by atoms with Gasteiger partial charge in [0.15, 0.2) is 0 Å². The van der Waals surface area contributed by atoms with Crippen LogP contribution in [0.2, 0.25) is 0 Å². The van der Waals surface area contributed by atoms with Crippen molar-refractivity contribution in [2.45, 2.75) is 20.8 Å². The van der Waals surface area contributed by atoms with Crippen LogP contribution in [0.1, 0.15) is 23.6 Å². The Bertz CT molecular complexity index is 1240. The normalized spacial score (nSPS) is 13.2. The number of para-hydroxylation sites is 1. The fraction of sp³-hybridized carbons (Fsp3) is 0.148. The zero-order chi connectivity index (χ0) is 23.4. The number of aliphatic imine (C=N–C) groups is 1. The first-order valence-electron chi connectivity index (χ1n) is 11.0. The van der Waals surface area contributed by atoms with Crippen LogP contribution in [0, 0.1) is 13.8 Å². The molecular formula is C27H30N6. The molecule has 3 aromatic rings. The Morgan fingerprint density at radius 1 is 0.939 bits per heavy atom. The molecule has 168 valence electrons. The molecule has 33 heavy (non-hydrogen) atoms. The number of aryl methyl sites for hydroxylation is 2. The lowest BCUT2D eigenvalue weighted by Gasteiger charge is -2.33. The highest BCUT2D eigenvalue weighted by Gasteiger charge is 2.25. The summed E-state index contributed by atoms with van der Waals surface area (Å²) in [5.41, 5.74) is 14.8. The van der Waals surface area contributed by atoms with Gasteiger partial charge in [0.05, 0.1) is 11.4 Å². The number of hydrogen-bond acceptors (Lipinski definition) is 6. The van der Waals surface area contributed by atoms with Crippen LogP contribution in [0.15, 0.2) is 90.2 Å². The van der Waals surface area contributed by atoms with Crippen LogP contribution in [0.25, 0.3) is 5.70 Å². The molecule has 0 bridgehead atoms. The van der Waals surface area contributed by atoms with Crippen molar-refractivity contribution in [2.75, 3.05) is 22.6 Å². The minimum absolute atomic E-state index is 0.645. The molecule has 0 unspecified atom stereocenters. The second-order valence-electron chi connectivity index (χ2n) is 7.91. The highest BCUT2D eigenvalue weighted by atomic mass is 15.5. The van der Waals surface area contributed by atoms with Crippen molar-refractivity contribution in [3.8, 4) is 0 Å². The molecule has 6 heteroatoms. The molecule has 0 radical (unpaired) electrons. The fourth-order valence-electron chi connectivity index (χ4n) is 3.66. The van der Waals surface area contributed by atoms with E-state index in [2.05, 4.69) is 60.1 Å². The van der Waals surface area contributed by atoms with Gasteiger partial charge in [-0.25, -0.2) is 4.99 Å². The topological polar surface area (TPSA) is 63.7 Å². The SMILES string of the molecule is C=C1c2ccccc2N=C(NN/C(=C\C)Nc2cccc(NC)c2)N1c1ccc(C)c(C)c1. The van der Waals surface area contributed by atoms with Crippen molar-refractivity contribution < 1.29 is 0 Å². The molecule has 1 aliphatic rings. The lowest BCUT2D eigenvalue weighted by atomic mass is 10.1. The van der Waals surface area contributed by atoms with Crippen molar-refractivity contribution in [3.63, 3.8) is 0 Å². The minimum Gasteiger partial charge on any atom is -0.388 e. The summed E-state index contributed by atoms with van der Waals surface area (Å²) in [6.45, 7) is 10.6. The van der Waals surface area contributed by atoms with E-state index in [0.717, 1.165) is 39.8 Å². The van der Waals surface area contributed by atoms with Gasteiger partial charge in [-0.1, -0.05) is 36.9 Å². The summed E-state index contributed by atoms with van der Waals surface area (Å²) in [5, 5.41) is 6.55. The molecule has 3 aromatic carbocycles. The molecule has 0 saturated carbocycles. The number of hydrogen-bond donors (Lipinski definition) is 4. The molecule has 0 atom stereocenters. The third-order valence-electron chi connectivity index (χ3n) is 5.70. The summed E-state index contributed by atoms with van der Waals surface area (Å²) in [6, 6.07) is 22.5. The first-order valence-corrected chi connectivity index (χ1v) is 11.0. The van der Waals surface area contributed by atoms with Crippen molar-refractivity contribution in [2.24, 2.45) is 4.99 Å². The lowest BCUT2D eigenvalue weighted by molar-refractivity contribution is 0.757. The average Bonchev–Trinajstić information content (AvgIpc) is 2.84. The second kappa shape index (κ2) is 9.53. The Morgan fingerprint density at radius 3 is 2.48 bits per heavy atom. The van der Waals surface area contributed by atoms with Crippen LogP contribution in [0.5, 0.6) is 0 Å². The number of benzene rings is 3. The molecule has 1 heterocycles. The maximum Gasteiger partial charge on any atom is 0.227 e. The van der Waals surface area contributed by atoms with Gasteiger partial charge in [0.1, 0.15) is 5.82 Å². The molecule has 6 nitrogen and oxygen atoms in total. The number of nitrogens with zero attached hydrogens (tertiary/aromatic N) is 2. The van der Waals surface area contributed by atoms with Gasteiger partial charge in [0.2, 0.25) is 5.96 Å². The monoisotopic (exact) mass is 438 g/mol. The Morgan fingerprint density at radius 2 is 1.73 bits per heavy atom. The van der Waals surface area contributed by atoms with E-state index >= 15 is 0 Å². The molecule has 0 saturated heterocycles. The summed E-state index contributed by atoms with van der Waals surface area (Å²) in [7, 11) is 1.91. The van der Waals surface area contributed by atoms with E-state index in [9.17, 15) is 0 Å². The summed E-state index contributed by atoms with van der Waals surface area (Å²) in [6.07, 6.45) is 1.96. The maximum absolute atomic E-state index is 4.89. The number of anilines is 3. The van der Waals surface area contributed by atoms with E-state index in [-0.39, 0.29) is 0 Å². The van der Waals surface area contributed by atoms with E-state index in [1.54, 1.807) is 0 Å². The van der Waals surface area contributed by atoms with Crippen LogP contribution >= 0.6 is 0 Å². The van der Waals surface area contributed by atoms with Crippen LogP contribution < -0.4 is 26.4 Å². The smallest absolute Gasteiger partial charge is 0.227 e. The Labute approximate surface area is 195 Å². The molecule has 4 N–H and O–H groups in total. The van der Waals surface area contributed by atoms with E-state index in [0.29, 0.717) is 5.96 Å². The van der Waals surface area contributed by atoms with E-state index in [1.807, 2.05) is 73.5 Å². The van der Waals surface area contributed by atoms with Gasteiger partial charge in [0.25, 0.3) is 0 Å². The molecule has 4 rings (SSSR count). The largest absolute Gasteiger partial charge is 0.388 e. The molecule has 0 amide bonds. The fourth-order valence-corrected chi connectivity index (χ4v) is 3.66. The van der Waals surface area contributed by atoms with Gasteiger partial charge in [-0.05, 0) is 74.4 Å². The third kappa shape index (κ3) is 4.70. The number of fused-ring (bicyclic) bond motifs is 1. The number of allylic oxidation sites excluding steroid dienone is 1. The number of guanidine groups is 1. The second-order valence-corrected chi connectivity index (χ2v) is 7.91. The molecular weight excluding hydrogens is 408 g/mol. The quantitative estimate of drug-likeness (QED) is 0.362. The summed E-state index contributed by atoms with van der Waals surface area (Å²) in [4.78, 5) is 6.93. The summed E-state index contributed by atoms with van der Waals surface area (Å²) >= 11 is 0. The Kier molecular flexibility index (Phi) is 6.36. The zero-order valence-corrected chi connectivity index (χ0v) is 19.5. The number of nitrogens with one attached hydrogen (secondary N) is 4. The zero-order valence-electron chi connectivity index (χ0n) is 19.5. The van der Waals surface area contributed by atoms with E-state index in [1.165, 1.54) is 11.1 Å². The molecule has 0 aliphatic carbocycles. The number of hydrazine groups is 1. The highest BCUT2D eigenvalue weighted by Crippen LogP contribution is 2.36. The van der Waals surface area contributed by atoms with Gasteiger partial charge in [0, 0.05) is 29.7 Å². The van der Waals surface area contributed by atoms with E-state index < -0.39 is 0 Å². The third-order valence-corrected chi connectivity index (χ3v) is 5.70. The lowest BCUT2D eigenvalue weighted by Crippen LogP contribution is -2.48.